The molecule has 0 aromatic carbocycles. The van der Waals surface area contributed by atoms with E-state index in [4.69, 9.17) is 4.74 Å². The lowest BCUT2D eigenvalue weighted by molar-refractivity contribution is 0.0714. The maximum Gasteiger partial charge on any atom is 0.264 e. The van der Waals surface area contributed by atoms with Gasteiger partial charge in [0.2, 0.25) is 0 Å². The standard InChI is InChI=1S/C11H16N2O2S/c1-8-6-13(4-3-12-8)11(14)10-5-9(15-2)7-16-10/h5,7-8,12H,3-4,6H2,1-2H3/t8-/m1/s1. The van der Waals surface area contributed by atoms with Crippen LogP contribution in [0.5, 0.6) is 5.75 Å². The maximum absolute atomic E-state index is 12.1. The van der Waals surface area contributed by atoms with Crippen LogP contribution in [0.25, 0.3) is 0 Å². The second-order valence-electron chi connectivity index (χ2n) is 3.96. The molecule has 1 aromatic heterocycles. The summed E-state index contributed by atoms with van der Waals surface area (Å²) in [4.78, 5) is 14.8. The van der Waals surface area contributed by atoms with Crippen LogP contribution >= 0.6 is 11.3 Å². The Kier molecular flexibility index (Phi) is 3.46. The molecule has 1 fully saturated rings. The van der Waals surface area contributed by atoms with Gasteiger partial charge in [0.05, 0.1) is 12.0 Å². The summed E-state index contributed by atoms with van der Waals surface area (Å²) in [7, 11) is 1.61. The normalized spacial score (nSPS) is 20.9. The molecule has 0 saturated carbocycles. The van der Waals surface area contributed by atoms with E-state index in [1.807, 2.05) is 10.3 Å². The summed E-state index contributed by atoms with van der Waals surface area (Å²) < 4.78 is 5.08. The number of ether oxygens (including phenoxy) is 1. The molecule has 88 valence electrons. The number of carbonyl (C=O) groups excluding carboxylic acids is 1. The van der Waals surface area contributed by atoms with Crippen LogP contribution in [-0.4, -0.2) is 43.6 Å². The van der Waals surface area contributed by atoms with Gasteiger partial charge in [-0.2, -0.15) is 0 Å². The third kappa shape index (κ3) is 2.36. The van der Waals surface area contributed by atoms with E-state index >= 15 is 0 Å². The van der Waals surface area contributed by atoms with Crippen molar-refractivity contribution >= 4 is 17.2 Å². The molecule has 0 aliphatic carbocycles. The Morgan fingerprint density at radius 1 is 1.69 bits per heavy atom. The first-order valence-electron chi connectivity index (χ1n) is 5.36. The highest BCUT2D eigenvalue weighted by molar-refractivity contribution is 7.12. The molecule has 0 radical (unpaired) electrons. The number of amides is 1. The molecule has 0 bridgehead atoms. The SMILES string of the molecule is COc1csc(C(=O)N2CCN[C@H](C)C2)c1. The lowest BCUT2D eigenvalue weighted by atomic mass is 10.2. The summed E-state index contributed by atoms with van der Waals surface area (Å²) in [6, 6.07) is 2.18. The van der Waals surface area contributed by atoms with Crippen molar-refractivity contribution < 1.29 is 9.53 Å². The fourth-order valence-electron chi connectivity index (χ4n) is 1.81. The summed E-state index contributed by atoms with van der Waals surface area (Å²) in [5.74, 6) is 0.873. The van der Waals surface area contributed by atoms with E-state index < -0.39 is 0 Å². The molecule has 1 saturated heterocycles. The van der Waals surface area contributed by atoms with Gasteiger partial charge in [0, 0.05) is 37.1 Å². The first-order valence-corrected chi connectivity index (χ1v) is 6.24. The van der Waals surface area contributed by atoms with Crippen LogP contribution in [0.3, 0.4) is 0 Å². The second kappa shape index (κ2) is 4.84. The minimum atomic E-state index is 0.113. The van der Waals surface area contributed by atoms with Crippen LogP contribution in [0.15, 0.2) is 11.4 Å². The smallest absolute Gasteiger partial charge is 0.264 e. The quantitative estimate of drug-likeness (QED) is 0.844. The number of methoxy groups -OCH3 is 1. The Morgan fingerprint density at radius 2 is 2.50 bits per heavy atom. The van der Waals surface area contributed by atoms with E-state index in [9.17, 15) is 4.79 Å². The molecule has 5 heteroatoms. The zero-order chi connectivity index (χ0) is 11.5. The lowest BCUT2D eigenvalue weighted by Crippen LogP contribution is -2.51. The molecule has 0 spiro atoms. The van der Waals surface area contributed by atoms with E-state index in [0.29, 0.717) is 6.04 Å². The molecular formula is C11H16N2O2S. The predicted molar refractivity (Wildman–Crippen MR) is 64.2 cm³/mol. The summed E-state index contributed by atoms with van der Waals surface area (Å²) in [6.07, 6.45) is 0. The number of rotatable bonds is 2. The lowest BCUT2D eigenvalue weighted by Gasteiger charge is -2.31. The van der Waals surface area contributed by atoms with Crippen molar-refractivity contribution in [2.75, 3.05) is 26.7 Å². The van der Waals surface area contributed by atoms with Gasteiger partial charge in [-0.05, 0) is 6.92 Å². The van der Waals surface area contributed by atoms with Gasteiger partial charge in [-0.15, -0.1) is 11.3 Å². The third-order valence-corrected chi connectivity index (χ3v) is 3.57. The first kappa shape index (κ1) is 11.4. The Balaban J connectivity index is 2.06. The number of carbonyl (C=O) groups is 1. The fourth-order valence-corrected chi connectivity index (χ4v) is 2.63. The highest BCUT2D eigenvalue weighted by atomic mass is 32.1. The van der Waals surface area contributed by atoms with E-state index in [-0.39, 0.29) is 5.91 Å². The number of piperazine rings is 1. The summed E-state index contributed by atoms with van der Waals surface area (Å²) in [5, 5.41) is 5.18. The van der Waals surface area contributed by atoms with Crippen LogP contribution in [0.1, 0.15) is 16.6 Å². The van der Waals surface area contributed by atoms with E-state index in [0.717, 1.165) is 30.3 Å². The number of hydrogen-bond acceptors (Lipinski definition) is 4. The maximum atomic E-state index is 12.1. The zero-order valence-electron chi connectivity index (χ0n) is 9.53. The van der Waals surface area contributed by atoms with E-state index in [1.54, 1.807) is 13.2 Å². The molecule has 1 N–H and O–H groups in total. The Morgan fingerprint density at radius 3 is 3.12 bits per heavy atom. The summed E-state index contributed by atoms with van der Waals surface area (Å²) in [6.45, 7) is 4.52. The van der Waals surface area contributed by atoms with Gasteiger partial charge in [-0.3, -0.25) is 4.79 Å². The van der Waals surface area contributed by atoms with Crippen LogP contribution in [0.4, 0.5) is 0 Å². The molecule has 1 atom stereocenters. The predicted octanol–water partition coefficient (Wildman–Crippen LogP) is 1.19. The monoisotopic (exact) mass is 240 g/mol. The molecule has 0 unspecified atom stereocenters. The van der Waals surface area contributed by atoms with Crippen LogP contribution in [0, 0.1) is 0 Å². The van der Waals surface area contributed by atoms with Crippen molar-refractivity contribution in [2.45, 2.75) is 13.0 Å². The minimum Gasteiger partial charge on any atom is -0.496 e. The molecule has 16 heavy (non-hydrogen) atoms. The van der Waals surface area contributed by atoms with Crippen LogP contribution in [0.2, 0.25) is 0 Å². The Hall–Kier alpha value is -1.07. The average Bonchev–Trinajstić information content (AvgIpc) is 2.76. The van der Waals surface area contributed by atoms with Gasteiger partial charge in [0.15, 0.2) is 0 Å². The highest BCUT2D eigenvalue weighted by Crippen LogP contribution is 2.22. The third-order valence-electron chi connectivity index (χ3n) is 2.68. The molecule has 4 nitrogen and oxygen atoms in total. The first-order chi connectivity index (χ1) is 7.70. The molecule has 1 amide bonds. The summed E-state index contributed by atoms with van der Waals surface area (Å²) in [5.41, 5.74) is 0. The molecule has 2 rings (SSSR count). The van der Waals surface area contributed by atoms with Crippen molar-refractivity contribution in [2.24, 2.45) is 0 Å². The van der Waals surface area contributed by atoms with Crippen molar-refractivity contribution in [3.05, 3.63) is 16.3 Å². The number of hydrogen-bond donors (Lipinski definition) is 1. The molecule has 2 heterocycles. The largest absolute Gasteiger partial charge is 0.496 e. The van der Waals surface area contributed by atoms with Crippen molar-refractivity contribution in [1.82, 2.24) is 10.2 Å². The van der Waals surface area contributed by atoms with E-state index in [1.165, 1.54) is 11.3 Å². The summed E-state index contributed by atoms with van der Waals surface area (Å²) >= 11 is 1.44. The molecule has 1 aliphatic rings. The van der Waals surface area contributed by atoms with Gasteiger partial charge in [-0.25, -0.2) is 0 Å². The zero-order valence-corrected chi connectivity index (χ0v) is 10.3. The number of nitrogens with one attached hydrogen (secondary N) is 1. The van der Waals surface area contributed by atoms with Crippen molar-refractivity contribution in [3.8, 4) is 5.75 Å². The molecule has 1 aliphatic heterocycles. The van der Waals surface area contributed by atoms with Gasteiger partial charge in [-0.1, -0.05) is 0 Å². The minimum absolute atomic E-state index is 0.113. The Labute approximate surface area is 99.2 Å². The Bertz CT molecular complexity index is 378. The van der Waals surface area contributed by atoms with Crippen molar-refractivity contribution in [3.63, 3.8) is 0 Å². The molecular weight excluding hydrogens is 224 g/mol. The highest BCUT2D eigenvalue weighted by Gasteiger charge is 2.22. The molecule has 1 aromatic rings. The average molecular weight is 240 g/mol. The van der Waals surface area contributed by atoms with Crippen LogP contribution in [-0.2, 0) is 0 Å². The van der Waals surface area contributed by atoms with Gasteiger partial charge in [0.1, 0.15) is 5.75 Å². The number of nitrogens with zero attached hydrogens (tertiary/aromatic N) is 1. The van der Waals surface area contributed by atoms with E-state index in [2.05, 4.69) is 12.2 Å². The van der Waals surface area contributed by atoms with Crippen LogP contribution < -0.4 is 10.1 Å². The topological polar surface area (TPSA) is 41.6 Å². The van der Waals surface area contributed by atoms with Gasteiger partial charge < -0.3 is 15.0 Å². The van der Waals surface area contributed by atoms with Gasteiger partial charge in [0.25, 0.3) is 5.91 Å². The van der Waals surface area contributed by atoms with Gasteiger partial charge >= 0.3 is 0 Å². The fraction of sp³-hybridized carbons (Fsp3) is 0.545. The van der Waals surface area contributed by atoms with Crippen molar-refractivity contribution in [1.29, 1.82) is 0 Å². The number of thiophene rings is 1. The second-order valence-corrected chi connectivity index (χ2v) is 4.87.